The molecular weight excluding hydrogens is 270 g/mol. The molecule has 1 aromatic heterocycles. The fraction of sp³-hybridized carbons (Fsp3) is 0.250. The predicted molar refractivity (Wildman–Crippen MR) is 81.0 cm³/mol. The zero-order valence-corrected chi connectivity index (χ0v) is 12.0. The van der Waals surface area contributed by atoms with Crippen molar-refractivity contribution in [2.24, 2.45) is 0 Å². The lowest BCUT2D eigenvalue weighted by Crippen LogP contribution is -2.25. The number of hydrogen-bond acceptors (Lipinski definition) is 4. The Morgan fingerprint density at radius 1 is 1.20 bits per heavy atom. The van der Waals surface area contributed by atoms with Crippen LogP contribution in [0.1, 0.15) is 24.3 Å². The van der Waals surface area contributed by atoms with Crippen LogP contribution in [0.3, 0.4) is 0 Å². The van der Waals surface area contributed by atoms with E-state index in [1.165, 1.54) is 16.3 Å². The summed E-state index contributed by atoms with van der Waals surface area (Å²) in [5.74, 6) is -0.105. The van der Waals surface area contributed by atoms with Crippen LogP contribution < -0.4 is 5.32 Å². The lowest BCUT2D eigenvalue weighted by molar-refractivity contribution is -0.124. The van der Waals surface area contributed by atoms with E-state index in [-0.39, 0.29) is 17.5 Å². The Morgan fingerprint density at radius 3 is 2.60 bits per heavy atom. The fourth-order valence-corrected chi connectivity index (χ4v) is 3.78. The normalized spacial score (nSPS) is 19.4. The molecule has 0 bridgehead atoms. The molecule has 0 aliphatic heterocycles. The van der Waals surface area contributed by atoms with Crippen molar-refractivity contribution in [2.75, 3.05) is 7.05 Å². The molecule has 102 valence electrons. The van der Waals surface area contributed by atoms with E-state index in [0.29, 0.717) is 18.4 Å². The third kappa shape index (κ3) is 2.16. The molecule has 1 heterocycles. The number of fused-ring (bicyclic) bond motifs is 1. The highest BCUT2D eigenvalue weighted by Gasteiger charge is 2.32. The molecule has 20 heavy (non-hydrogen) atoms. The summed E-state index contributed by atoms with van der Waals surface area (Å²) in [5, 5.41) is 6.03. The average molecular weight is 285 g/mol. The number of allylic oxidation sites excluding steroid dienone is 1. The minimum atomic E-state index is -0.0594. The van der Waals surface area contributed by atoms with Gasteiger partial charge in [-0.2, -0.15) is 0 Å². The molecule has 0 saturated heterocycles. The number of ketones is 2. The number of rotatable bonds is 2. The number of nitrogens with one attached hydrogen (secondary N) is 1. The molecule has 0 atom stereocenters. The van der Waals surface area contributed by atoms with E-state index < -0.39 is 0 Å². The number of Topliss-reactive ketones (excluding diaryl/α,β-unsaturated/α-hetero) is 2. The van der Waals surface area contributed by atoms with Gasteiger partial charge in [-0.3, -0.25) is 9.59 Å². The molecule has 1 aromatic carbocycles. The van der Waals surface area contributed by atoms with Crippen LogP contribution >= 0.6 is 11.3 Å². The molecule has 0 radical (unpaired) electrons. The van der Waals surface area contributed by atoms with E-state index in [0.717, 1.165) is 5.56 Å². The van der Waals surface area contributed by atoms with Crippen LogP contribution in [0.15, 0.2) is 41.4 Å². The molecule has 4 heteroatoms. The lowest BCUT2D eigenvalue weighted by atomic mass is 9.80. The Labute approximate surface area is 121 Å². The smallest absolute Gasteiger partial charge is 0.168 e. The van der Waals surface area contributed by atoms with Crippen molar-refractivity contribution >= 4 is 33.0 Å². The predicted octanol–water partition coefficient (Wildman–Crippen LogP) is 3.02. The van der Waals surface area contributed by atoms with E-state index in [4.69, 9.17) is 0 Å². The standard InChI is InChI=1S/C16H15NO2S/c1-17-8-12-14(18)6-10(7-15(12)19)13-9-20-16-5-3-2-4-11(13)16/h2-5,8-10,17H,6-7H2,1H3. The van der Waals surface area contributed by atoms with Gasteiger partial charge in [0.15, 0.2) is 11.6 Å². The van der Waals surface area contributed by atoms with E-state index in [2.05, 4.69) is 22.8 Å². The summed E-state index contributed by atoms with van der Waals surface area (Å²) in [5.41, 5.74) is 1.44. The van der Waals surface area contributed by atoms with Crippen molar-refractivity contribution in [3.8, 4) is 0 Å². The van der Waals surface area contributed by atoms with Gasteiger partial charge >= 0.3 is 0 Å². The van der Waals surface area contributed by atoms with Gasteiger partial charge in [0.2, 0.25) is 0 Å². The van der Waals surface area contributed by atoms with Crippen LogP contribution in [0.5, 0.6) is 0 Å². The number of hydrogen-bond donors (Lipinski definition) is 1. The molecule has 1 N–H and O–H groups in total. The maximum absolute atomic E-state index is 12.1. The van der Waals surface area contributed by atoms with E-state index in [1.807, 2.05) is 12.1 Å². The number of carbonyl (C=O) groups is 2. The molecule has 0 amide bonds. The molecule has 0 unspecified atom stereocenters. The van der Waals surface area contributed by atoms with Crippen LogP contribution in [0.2, 0.25) is 0 Å². The highest BCUT2D eigenvalue weighted by molar-refractivity contribution is 7.17. The number of thiophene rings is 1. The largest absolute Gasteiger partial charge is 0.393 e. The van der Waals surface area contributed by atoms with Gasteiger partial charge in [-0.1, -0.05) is 18.2 Å². The summed E-state index contributed by atoms with van der Waals surface area (Å²) in [6, 6.07) is 8.14. The van der Waals surface area contributed by atoms with Crippen LogP contribution in [0.4, 0.5) is 0 Å². The van der Waals surface area contributed by atoms with Gasteiger partial charge in [-0.15, -0.1) is 11.3 Å². The van der Waals surface area contributed by atoms with E-state index in [9.17, 15) is 9.59 Å². The summed E-state index contributed by atoms with van der Waals surface area (Å²) in [6.07, 6.45) is 2.35. The molecule has 1 aliphatic carbocycles. The van der Waals surface area contributed by atoms with Gasteiger partial charge < -0.3 is 5.32 Å². The van der Waals surface area contributed by atoms with Crippen molar-refractivity contribution in [1.82, 2.24) is 5.32 Å². The minimum absolute atomic E-state index is 0.0140. The average Bonchev–Trinajstić information content (AvgIpc) is 2.86. The third-order valence-electron chi connectivity index (χ3n) is 3.70. The molecule has 3 nitrogen and oxygen atoms in total. The first kappa shape index (κ1) is 13.1. The minimum Gasteiger partial charge on any atom is -0.393 e. The molecule has 1 saturated carbocycles. The zero-order chi connectivity index (χ0) is 14.1. The summed E-state index contributed by atoms with van der Waals surface area (Å²) >= 11 is 1.67. The first-order valence-electron chi connectivity index (χ1n) is 6.60. The van der Waals surface area contributed by atoms with E-state index >= 15 is 0 Å². The highest BCUT2D eigenvalue weighted by atomic mass is 32.1. The maximum atomic E-state index is 12.1. The zero-order valence-electron chi connectivity index (χ0n) is 11.2. The Bertz CT molecular complexity index is 694. The van der Waals surface area contributed by atoms with Crippen LogP contribution in [-0.4, -0.2) is 18.6 Å². The van der Waals surface area contributed by atoms with Crippen molar-refractivity contribution in [2.45, 2.75) is 18.8 Å². The lowest BCUT2D eigenvalue weighted by Gasteiger charge is -2.21. The second kappa shape index (κ2) is 5.21. The molecule has 1 fully saturated rings. The Kier molecular flexibility index (Phi) is 3.40. The molecule has 0 spiro atoms. The van der Waals surface area contributed by atoms with Crippen LogP contribution in [0.25, 0.3) is 10.1 Å². The van der Waals surface area contributed by atoms with Gasteiger partial charge in [0.05, 0.1) is 5.57 Å². The van der Waals surface area contributed by atoms with Gasteiger partial charge in [-0.05, 0) is 28.3 Å². The SMILES string of the molecule is CNC=C1C(=O)CC(c2csc3ccccc23)CC1=O. The summed E-state index contributed by atoms with van der Waals surface area (Å²) in [7, 11) is 1.70. The van der Waals surface area contributed by atoms with Crippen LogP contribution in [0, 0.1) is 0 Å². The van der Waals surface area contributed by atoms with Crippen molar-refractivity contribution in [3.05, 3.63) is 47.0 Å². The summed E-state index contributed by atoms with van der Waals surface area (Å²) in [4.78, 5) is 24.2. The van der Waals surface area contributed by atoms with Gasteiger partial charge in [-0.25, -0.2) is 0 Å². The van der Waals surface area contributed by atoms with Crippen molar-refractivity contribution < 1.29 is 9.59 Å². The first-order chi connectivity index (χ1) is 9.70. The van der Waals surface area contributed by atoms with Gasteiger partial charge in [0.1, 0.15) is 0 Å². The van der Waals surface area contributed by atoms with Crippen LogP contribution in [-0.2, 0) is 9.59 Å². The third-order valence-corrected chi connectivity index (χ3v) is 4.69. The Morgan fingerprint density at radius 2 is 1.90 bits per heavy atom. The van der Waals surface area contributed by atoms with Crippen molar-refractivity contribution in [1.29, 1.82) is 0 Å². The highest BCUT2D eigenvalue weighted by Crippen LogP contribution is 2.38. The topological polar surface area (TPSA) is 46.2 Å². The Balaban J connectivity index is 1.95. The Hall–Kier alpha value is -1.94. The number of benzene rings is 1. The quantitative estimate of drug-likeness (QED) is 0.681. The molecule has 3 rings (SSSR count). The second-order valence-corrected chi connectivity index (χ2v) is 5.90. The molecular formula is C16H15NO2S. The fourth-order valence-electron chi connectivity index (χ4n) is 2.73. The van der Waals surface area contributed by atoms with Gasteiger partial charge in [0.25, 0.3) is 0 Å². The maximum Gasteiger partial charge on any atom is 0.168 e. The molecule has 1 aliphatic rings. The molecule has 2 aromatic rings. The number of carbonyl (C=O) groups excluding carboxylic acids is 2. The monoisotopic (exact) mass is 285 g/mol. The first-order valence-corrected chi connectivity index (χ1v) is 7.48. The second-order valence-electron chi connectivity index (χ2n) is 4.99. The van der Waals surface area contributed by atoms with Crippen molar-refractivity contribution in [3.63, 3.8) is 0 Å². The summed E-state index contributed by atoms with van der Waals surface area (Å²) < 4.78 is 1.21. The van der Waals surface area contributed by atoms with E-state index in [1.54, 1.807) is 18.4 Å². The van der Waals surface area contributed by atoms with Gasteiger partial charge in [0, 0.05) is 30.8 Å². The summed E-state index contributed by atoms with van der Waals surface area (Å²) in [6.45, 7) is 0.